The molecule has 2 rings (SSSR count). The molecule has 0 saturated carbocycles. The van der Waals surface area contributed by atoms with Crippen LogP contribution in [0.15, 0.2) is 23.0 Å². The molecule has 14 heavy (non-hydrogen) atoms. The van der Waals surface area contributed by atoms with Gasteiger partial charge in [0.25, 0.3) is 5.56 Å². The van der Waals surface area contributed by atoms with E-state index in [2.05, 4.69) is 4.98 Å². The van der Waals surface area contributed by atoms with Crippen molar-refractivity contribution in [2.45, 2.75) is 0 Å². The summed E-state index contributed by atoms with van der Waals surface area (Å²) in [4.78, 5) is 15.5. The van der Waals surface area contributed by atoms with Gasteiger partial charge in [-0.25, -0.2) is 9.37 Å². The van der Waals surface area contributed by atoms with E-state index in [1.54, 1.807) is 0 Å². The molecule has 1 aromatic heterocycles. The zero-order chi connectivity index (χ0) is 10.3. The van der Waals surface area contributed by atoms with Gasteiger partial charge in [0.1, 0.15) is 5.82 Å². The average Bonchev–Trinajstić information content (AvgIpc) is 2.16. The highest BCUT2D eigenvalue weighted by Gasteiger charge is 2.06. The minimum Gasteiger partial charge on any atom is -0.286 e. The number of benzene rings is 1. The van der Waals surface area contributed by atoms with Crippen molar-refractivity contribution in [2.24, 2.45) is 7.05 Å². The normalized spacial score (nSPS) is 10.8. The first-order valence-electron chi connectivity index (χ1n) is 3.91. The fourth-order valence-corrected chi connectivity index (χ4v) is 1.38. The maximum Gasteiger partial charge on any atom is 0.262 e. The zero-order valence-electron chi connectivity index (χ0n) is 7.29. The molecular weight excluding hydrogens is 207 g/mol. The Morgan fingerprint density at radius 2 is 2.21 bits per heavy atom. The molecule has 1 aromatic carbocycles. The van der Waals surface area contributed by atoms with E-state index >= 15 is 0 Å². The molecule has 0 fully saturated rings. The van der Waals surface area contributed by atoms with Crippen molar-refractivity contribution in [1.82, 2.24) is 9.55 Å². The standard InChI is InChI=1S/C9H6ClFN2O/c1-13-8(14)6-4-5(11)2-3-7(6)12-9(13)10/h2-4H,1H3. The minimum absolute atomic E-state index is 0.0918. The first kappa shape index (κ1) is 9.15. The third-order valence-corrected chi connectivity index (χ3v) is 2.32. The van der Waals surface area contributed by atoms with Crippen LogP contribution < -0.4 is 5.56 Å². The largest absolute Gasteiger partial charge is 0.286 e. The maximum atomic E-state index is 12.8. The number of nitrogens with zero attached hydrogens (tertiary/aromatic N) is 2. The highest BCUT2D eigenvalue weighted by atomic mass is 35.5. The molecule has 72 valence electrons. The van der Waals surface area contributed by atoms with Crippen LogP contribution >= 0.6 is 11.6 Å². The molecule has 0 radical (unpaired) electrons. The van der Waals surface area contributed by atoms with Crippen LogP contribution in [0.25, 0.3) is 10.9 Å². The molecule has 0 N–H and O–H groups in total. The summed E-state index contributed by atoms with van der Waals surface area (Å²) in [7, 11) is 1.49. The summed E-state index contributed by atoms with van der Waals surface area (Å²) in [5, 5.41) is 0.325. The van der Waals surface area contributed by atoms with Gasteiger partial charge in [0, 0.05) is 7.05 Å². The second-order valence-electron chi connectivity index (χ2n) is 2.91. The molecule has 1 heterocycles. The van der Waals surface area contributed by atoms with Gasteiger partial charge >= 0.3 is 0 Å². The predicted molar refractivity (Wildman–Crippen MR) is 52.0 cm³/mol. The van der Waals surface area contributed by atoms with Crippen molar-refractivity contribution in [2.75, 3.05) is 0 Å². The van der Waals surface area contributed by atoms with E-state index in [4.69, 9.17) is 11.6 Å². The smallest absolute Gasteiger partial charge is 0.262 e. The Labute approximate surface area is 83.8 Å². The Morgan fingerprint density at radius 3 is 2.93 bits per heavy atom. The van der Waals surface area contributed by atoms with E-state index in [9.17, 15) is 9.18 Å². The molecule has 3 nitrogen and oxygen atoms in total. The zero-order valence-corrected chi connectivity index (χ0v) is 8.05. The lowest BCUT2D eigenvalue weighted by Crippen LogP contribution is -2.18. The Kier molecular flexibility index (Phi) is 2.00. The van der Waals surface area contributed by atoms with E-state index in [1.165, 1.54) is 23.7 Å². The van der Waals surface area contributed by atoms with Crippen molar-refractivity contribution >= 4 is 22.5 Å². The lowest BCUT2D eigenvalue weighted by molar-refractivity contribution is 0.629. The first-order chi connectivity index (χ1) is 6.59. The van der Waals surface area contributed by atoms with Crippen molar-refractivity contribution in [3.63, 3.8) is 0 Å². The fraction of sp³-hybridized carbons (Fsp3) is 0.111. The number of fused-ring (bicyclic) bond motifs is 1. The molecule has 0 aliphatic rings. The van der Waals surface area contributed by atoms with Gasteiger partial charge in [0.2, 0.25) is 5.28 Å². The van der Waals surface area contributed by atoms with Crippen LogP contribution in [0, 0.1) is 5.82 Å². The second kappa shape index (κ2) is 3.06. The van der Waals surface area contributed by atoms with Gasteiger partial charge in [0.15, 0.2) is 0 Å². The average molecular weight is 213 g/mol. The molecule has 0 aliphatic carbocycles. The lowest BCUT2D eigenvalue weighted by Gasteiger charge is -2.02. The van der Waals surface area contributed by atoms with Gasteiger partial charge in [-0.3, -0.25) is 9.36 Å². The van der Waals surface area contributed by atoms with Gasteiger partial charge in [-0.15, -0.1) is 0 Å². The van der Waals surface area contributed by atoms with Crippen LogP contribution in [0.5, 0.6) is 0 Å². The van der Waals surface area contributed by atoms with Crippen LogP contribution in [-0.4, -0.2) is 9.55 Å². The number of hydrogen-bond acceptors (Lipinski definition) is 2. The van der Waals surface area contributed by atoms with Crippen LogP contribution in [0.1, 0.15) is 0 Å². The van der Waals surface area contributed by atoms with Gasteiger partial charge in [0.05, 0.1) is 10.9 Å². The van der Waals surface area contributed by atoms with E-state index in [0.717, 1.165) is 6.07 Å². The minimum atomic E-state index is -0.460. The quantitative estimate of drug-likeness (QED) is 0.624. The fourth-order valence-electron chi connectivity index (χ4n) is 1.22. The molecular formula is C9H6ClFN2O. The Morgan fingerprint density at radius 1 is 1.50 bits per heavy atom. The highest BCUT2D eigenvalue weighted by Crippen LogP contribution is 2.11. The van der Waals surface area contributed by atoms with Crippen molar-refractivity contribution < 1.29 is 4.39 Å². The molecule has 0 amide bonds. The van der Waals surface area contributed by atoms with Gasteiger partial charge in [-0.1, -0.05) is 0 Å². The second-order valence-corrected chi connectivity index (χ2v) is 3.24. The molecule has 0 spiro atoms. The monoisotopic (exact) mass is 212 g/mol. The summed E-state index contributed by atoms with van der Waals surface area (Å²) in [6, 6.07) is 3.82. The van der Waals surface area contributed by atoms with Crippen molar-refractivity contribution in [3.05, 3.63) is 39.7 Å². The van der Waals surface area contributed by atoms with Crippen LogP contribution in [0.2, 0.25) is 5.28 Å². The van der Waals surface area contributed by atoms with E-state index in [-0.39, 0.29) is 16.2 Å². The maximum absolute atomic E-state index is 12.8. The highest BCUT2D eigenvalue weighted by molar-refractivity contribution is 6.28. The summed E-state index contributed by atoms with van der Waals surface area (Å²) in [5.41, 5.74) is 0.0546. The molecule has 0 bridgehead atoms. The lowest BCUT2D eigenvalue weighted by atomic mass is 10.2. The van der Waals surface area contributed by atoms with E-state index in [1.807, 2.05) is 0 Å². The van der Waals surface area contributed by atoms with Crippen LogP contribution in [-0.2, 0) is 7.05 Å². The molecule has 5 heteroatoms. The van der Waals surface area contributed by atoms with Gasteiger partial charge < -0.3 is 0 Å². The number of rotatable bonds is 0. The molecule has 0 saturated heterocycles. The molecule has 0 unspecified atom stereocenters. The SMILES string of the molecule is Cn1c(Cl)nc2ccc(F)cc2c1=O. The van der Waals surface area contributed by atoms with Crippen molar-refractivity contribution in [1.29, 1.82) is 0 Å². The summed E-state index contributed by atoms with van der Waals surface area (Å²) in [6.45, 7) is 0. The summed E-state index contributed by atoms with van der Waals surface area (Å²) < 4.78 is 14.0. The van der Waals surface area contributed by atoms with Crippen molar-refractivity contribution in [3.8, 4) is 0 Å². The molecule has 0 atom stereocenters. The third-order valence-electron chi connectivity index (χ3n) is 1.98. The van der Waals surface area contributed by atoms with Gasteiger partial charge in [-0.05, 0) is 29.8 Å². The summed E-state index contributed by atoms with van der Waals surface area (Å²) in [6.07, 6.45) is 0. The molecule has 2 aromatic rings. The number of hydrogen-bond donors (Lipinski definition) is 0. The van der Waals surface area contributed by atoms with E-state index in [0.29, 0.717) is 5.52 Å². The topological polar surface area (TPSA) is 34.9 Å². The number of aromatic nitrogens is 2. The van der Waals surface area contributed by atoms with E-state index < -0.39 is 5.82 Å². The van der Waals surface area contributed by atoms with Gasteiger partial charge in [-0.2, -0.15) is 0 Å². The Bertz CT molecular complexity index is 564. The summed E-state index contributed by atoms with van der Waals surface area (Å²) in [5.74, 6) is -0.460. The number of halogens is 2. The van der Waals surface area contributed by atoms with Crippen LogP contribution in [0.4, 0.5) is 4.39 Å². The summed E-state index contributed by atoms with van der Waals surface area (Å²) >= 11 is 5.69. The Balaban J connectivity index is 2.99. The molecule has 0 aliphatic heterocycles. The predicted octanol–water partition coefficient (Wildman–Crippen LogP) is 1.73. The van der Waals surface area contributed by atoms with Crippen LogP contribution in [0.3, 0.4) is 0 Å². The Hall–Kier alpha value is -1.42. The third kappa shape index (κ3) is 1.28. The first-order valence-corrected chi connectivity index (χ1v) is 4.29.